The molecule has 0 spiro atoms. The largest absolute Gasteiger partial charge is 0.484 e. The molecule has 0 fully saturated rings. The van der Waals surface area contributed by atoms with Crippen LogP contribution >= 0.6 is 0 Å². The smallest absolute Gasteiger partial charge is 0.258 e. The number of hydrogen-bond acceptors (Lipinski definition) is 3. The minimum atomic E-state index is -0.202. The van der Waals surface area contributed by atoms with Crippen molar-refractivity contribution in [2.24, 2.45) is 5.92 Å². The number of ether oxygens (including phenoxy) is 1. The van der Waals surface area contributed by atoms with Crippen LogP contribution in [0.15, 0.2) is 24.3 Å². The average molecular weight is 306 g/mol. The van der Waals surface area contributed by atoms with Crippen molar-refractivity contribution in [1.29, 1.82) is 0 Å². The number of carbonyl (C=O) groups is 2. The van der Waals surface area contributed by atoms with Gasteiger partial charge in [0.15, 0.2) is 6.61 Å². The van der Waals surface area contributed by atoms with E-state index in [0.717, 1.165) is 0 Å². The second-order valence-corrected chi connectivity index (χ2v) is 5.81. The summed E-state index contributed by atoms with van der Waals surface area (Å²) in [6, 6.07) is 7.73. The quantitative estimate of drug-likeness (QED) is 0.723. The maximum Gasteiger partial charge on any atom is 0.258 e. The standard InChI is InChI=1S/C17H26N2O3/c1-12(2)14-5-7-15(8-6-14)22-11-16(20)18-9-10-19-17(21)13(3)4/h5-8,12-13H,9-11H2,1-4H3,(H,18,20)(H,19,21). The zero-order chi connectivity index (χ0) is 16.5. The lowest BCUT2D eigenvalue weighted by Gasteiger charge is -2.10. The van der Waals surface area contributed by atoms with E-state index in [2.05, 4.69) is 24.5 Å². The third kappa shape index (κ3) is 6.61. The number of hydrogen-bond donors (Lipinski definition) is 2. The van der Waals surface area contributed by atoms with Gasteiger partial charge in [0, 0.05) is 19.0 Å². The molecule has 0 aromatic heterocycles. The highest BCUT2D eigenvalue weighted by atomic mass is 16.5. The molecule has 122 valence electrons. The molecule has 1 aromatic rings. The molecule has 0 saturated carbocycles. The van der Waals surface area contributed by atoms with Crippen LogP contribution in [0.25, 0.3) is 0 Å². The molecule has 0 aliphatic carbocycles. The first-order chi connectivity index (χ1) is 10.4. The molecule has 5 nitrogen and oxygen atoms in total. The fourth-order valence-corrected chi connectivity index (χ4v) is 1.74. The summed E-state index contributed by atoms with van der Waals surface area (Å²) in [5.74, 6) is 0.876. The predicted octanol–water partition coefficient (Wildman–Crippen LogP) is 2.08. The third-order valence-electron chi connectivity index (χ3n) is 3.19. The maximum atomic E-state index is 11.6. The Morgan fingerprint density at radius 2 is 1.59 bits per heavy atom. The van der Waals surface area contributed by atoms with Crippen LogP contribution in [-0.2, 0) is 9.59 Å². The lowest BCUT2D eigenvalue weighted by atomic mass is 10.0. The van der Waals surface area contributed by atoms with Crippen LogP contribution < -0.4 is 15.4 Å². The van der Waals surface area contributed by atoms with Crippen LogP contribution in [0.3, 0.4) is 0 Å². The zero-order valence-corrected chi connectivity index (χ0v) is 13.8. The summed E-state index contributed by atoms with van der Waals surface area (Å²) < 4.78 is 5.42. The topological polar surface area (TPSA) is 67.4 Å². The van der Waals surface area contributed by atoms with Gasteiger partial charge in [-0.3, -0.25) is 9.59 Å². The van der Waals surface area contributed by atoms with Crippen LogP contribution in [0.2, 0.25) is 0 Å². The van der Waals surface area contributed by atoms with Crippen molar-refractivity contribution < 1.29 is 14.3 Å². The van der Waals surface area contributed by atoms with E-state index in [9.17, 15) is 9.59 Å². The normalized spacial score (nSPS) is 10.6. The van der Waals surface area contributed by atoms with Crippen LogP contribution in [0.4, 0.5) is 0 Å². The second kappa shape index (κ2) is 9.07. The molecule has 5 heteroatoms. The fraction of sp³-hybridized carbons (Fsp3) is 0.529. The van der Waals surface area contributed by atoms with Crippen LogP contribution in [0.1, 0.15) is 39.2 Å². The van der Waals surface area contributed by atoms with Gasteiger partial charge >= 0.3 is 0 Å². The molecule has 0 radical (unpaired) electrons. The number of nitrogens with one attached hydrogen (secondary N) is 2. The van der Waals surface area contributed by atoms with Gasteiger partial charge in [-0.05, 0) is 23.6 Å². The first-order valence-electron chi connectivity index (χ1n) is 7.67. The van der Waals surface area contributed by atoms with E-state index in [1.54, 1.807) is 0 Å². The van der Waals surface area contributed by atoms with Gasteiger partial charge in [-0.25, -0.2) is 0 Å². The van der Waals surface area contributed by atoms with Crippen molar-refractivity contribution in [3.05, 3.63) is 29.8 Å². The lowest BCUT2D eigenvalue weighted by molar-refractivity contribution is -0.125. The summed E-state index contributed by atoms with van der Waals surface area (Å²) in [5, 5.41) is 5.43. The highest BCUT2D eigenvalue weighted by molar-refractivity contribution is 5.78. The zero-order valence-electron chi connectivity index (χ0n) is 13.8. The maximum absolute atomic E-state index is 11.6. The van der Waals surface area contributed by atoms with Gasteiger partial charge in [-0.2, -0.15) is 0 Å². The van der Waals surface area contributed by atoms with Crippen molar-refractivity contribution in [2.75, 3.05) is 19.7 Å². The fourth-order valence-electron chi connectivity index (χ4n) is 1.74. The monoisotopic (exact) mass is 306 g/mol. The molecule has 2 N–H and O–H groups in total. The number of benzene rings is 1. The molecule has 0 aliphatic rings. The summed E-state index contributed by atoms with van der Waals surface area (Å²) >= 11 is 0. The van der Waals surface area contributed by atoms with Crippen molar-refractivity contribution in [2.45, 2.75) is 33.6 Å². The molecule has 0 unspecified atom stereocenters. The highest BCUT2D eigenvalue weighted by Crippen LogP contribution is 2.18. The van der Waals surface area contributed by atoms with Gasteiger partial charge in [0.25, 0.3) is 5.91 Å². The Bertz CT molecular complexity index is 481. The molecule has 0 aliphatic heterocycles. The Balaban J connectivity index is 2.21. The Labute approximate surface area is 132 Å². The molecule has 1 rings (SSSR count). The van der Waals surface area contributed by atoms with E-state index in [-0.39, 0.29) is 24.3 Å². The molecule has 0 bridgehead atoms. The molecule has 2 amide bonds. The van der Waals surface area contributed by atoms with Crippen LogP contribution in [0.5, 0.6) is 5.75 Å². The van der Waals surface area contributed by atoms with Gasteiger partial charge in [-0.1, -0.05) is 39.8 Å². The van der Waals surface area contributed by atoms with E-state index in [1.165, 1.54) is 5.56 Å². The summed E-state index contributed by atoms with van der Waals surface area (Å²) in [5.41, 5.74) is 1.23. The van der Waals surface area contributed by atoms with E-state index >= 15 is 0 Å². The van der Waals surface area contributed by atoms with Gasteiger partial charge in [-0.15, -0.1) is 0 Å². The summed E-state index contributed by atoms with van der Waals surface area (Å²) in [7, 11) is 0. The van der Waals surface area contributed by atoms with Crippen LogP contribution in [-0.4, -0.2) is 31.5 Å². The molecular weight excluding hydrogens is 280 g/mol. The third-order valence-corrected chi connectivity index (χ3v) is 3.19. The van der Waals surface area contributed by atoms with E-state index < -0.39 is 0 Å². The number of amides is 2. The average Bonchev–Trinajstić information content (AvgIpc) is 2.49. The SMILES string of the molecule is CC(C)C(=O)NCCNC(=O)COc1ccc(C(C)C)cc1. The molecule has 0 heterocycles. The first kappa shape index (κ1) is 18.0. The molecular formula is C17H26N2O3. The van der Waals surface area contributed by atoms with Crippen LogP contribution in [0, 0.1) is 5.92 Å². The number of carbonyl (C=O) groups excluding carboxylic acids is 2. The van der Waals surface area contributed by atoms with Gasteiger partial charge in [0.05, 0.1) is 0 Å². The summed E-state index contributed by atoms with van der Waals surface area (Å²) in [6.07, 6.45) is 0. The molecule has 0 saturated heterocycles. The Morgan fingerprint density at radius 1 is 1.00 bits per heavy atom. The molecule has 0 atom stereocenters. The van der Waals surface area contributed by atoms with Crippen molar-refractivity contribution >= 4 is 11.8 Å². The van der Waals surface area contributed by atoms with Gasteiger partial charge in [0.1, 0.15) is 5.75 Å². The van der Waals surface area contributed by atoms with Gasteiger partial charge < -0.3 is 15.4 Å². The molecule has 1 aromatic carbocycles. The molecule has 22 heavy (non-hydrogen) atoms. The lowest BCUT2D eigenvalue weighted by Crippen LogP contribution is -2.38. The minimum absolute atomic E-state index is 0.0178. The van der Waals surface area contributed by atoms with Gasteiger partial charge in [0.2, 0.25) is 5.91 Å². The van der Waals surface area contributed by atoms with Crippen molar-refractivity contribution in [1.82, 2.24) is 10.6 Å². The number of rotatable bonds is 8. The van der Waals surface area contributed by atoms with Crippen molar-refractivity contribution in [3.63, 3.8) is 0 Å². The highest BCUT2D eigenvalue weighted by Gasteiger charge is 2.06. The Hall–Kier alpha value is -2.04. The van der Waals surface area contributed by atoms with E-state index in [0.29, 0.717) is 24.8 Å². The van der Waals surface area contributed by atoms with E-state index in [1.807, 2.05) is 38.1 Å². The van der Waals surface area contributed by atoms with E-state index in [4.69, 9.17) is 4.74 Å². The predicted molar refractivity (Wildman–Crippen MR) is 86.9 cm³/mol. The Kier molecular flexibility index (Phi) is 7.43. The Morgan fingerprint density at radius 3 is 2.14 bits per heavy atom. The second-order valence-electron chi connectivity index (χ2n) is 5.81. The first-order valence-corrected chi connectivity index (χ1v) is 7.67. The summed E-state index contributed by atoms with van der Waals surface area (Å²) in [4.78, 5) is 22.9. The van der Waals surface area contributed by atoms with Crippen molar-refractivity contribution in [3.8, 4) is 5.75 Å². The minimum Gasteiger partial charge on any atom is -0.484 e. The summed E-state index contributed by atoms with van der Waals surface area (Å²) in [6.45, 7) is 8.69.